The lowest BCUT2D eigenvalue weighted by Crippen LogP contribution is -2.09. The summed E-state index contributed by atoms with van der Waals surface area (Å²) in [7, 11) is 0. The molecule has 4 nitrogen and oxygen atoms in total. The van der Waals surface area contributed by atoms with Crippen LogP contribution in [-0.2, 0) is 11.3 Å². The van der Waals surface area contributed by atoms with Gasteiger partial charge in [-0.05, 0) is 30.3 Å². The summed E-state index contributed by atoms with van der Waals surface area (Å²) >= 11 is 5.78. The smallest absolute Gasteiger partial charge is 0.340 e. The molecule has 0 bridgehead atoms. The minimum atomic E-state index is -0.696. The second kappa shape index (κ2) is 6.25. The molecule has 0 saturated carbocycles. The van der Waals surface area contributed by atoms with Gasteiger partial charge in [0.05, 0.1) is 17.2 Å². The first kappa shape index (κ1) is 14.8. The monoisotopic (exact) mass is 304 g/mol. The summed E-state index contributed by atoms with van der Waals surface area (Å²) in [5.74, 6) is -1.31. The van der Waals surface area contributed by atoms with Crippen LogP contribution in [0.5, 0.6) is 0 Å². The average molecular weight is 305 g/mol. The van der Waals surface area contributed by atoms with Gasteiger partial charge in [0.25, 0.3) is 0 Å². The summed E-state index contributed by atoms with van der Waals surface area (Å²) in [6, 6.07) is 10.2. The third kappa shape index (κ3) is 3.50. The van der Waals surface area contributed by atoms with E-state index < -0.39 is 11.8 Å². The van der Waals surface area contributed by atoms with E-state index in [1.54, 1.807) is 6.07 Å². The lowest BCUT2D eigenvalue weighted by Gasteiger charge is -2.08. The predicted molar refractivity (Wildman–Crippen MR) is 76.1 cm³/mol. The molecule has 0 aliphatic carbocycles. The fourth-order valence-corrected chi connectivity index (χ4v) is 1.83. The Balaban J connectivity index is 2.11. The Morgan fingerprint density at radius 2 is 2.10 bits per heavy atom. The first-order chi connectivity index (χ1) is 10.0. The van der Waals surface area contributed by atoms with Crippen LogP contribution >= 0.6 is 11.6 Å². The van der Waals surface area contributed by atoms with Crippen LogP contribution in [-0.4, -0.2) is 5.97 Å². The normalized spacial score (nSPS) is 9.95. The zero-order valence-corrected chi connectivity index (χ0v) is 11.5. The van der Waals surface area contributed by atoms with Crippen molar-refractivity contribution in [1.29, 1.82) is 5.26 Å². The van der Waals surface area contributed by atoms with E-state index in [1.807, 2.05) is 6.07 Å². The summed E-state index contributed by atoms with van der Waals surface area (Å²) < 4.78 is 18.6. The highest BCUT2D eigenvalue weighted by molar-refractivity contribution is 6.31. The third-order valence-corrected chi connectivity index (χ3v) is 3.01. The maximum Gasteiger partial charge on any atom is 0.340 e. The lowest BCUT2D eigenvalue weighted by atomic mass is 10.1. The molecule has 2 aromatic rings. The summed E-state index contributed by atoms with van der Waals surface area (Å²) in [5, 5.41) is 9.00. The highest BCUT2D eigenvalue weighted by Crippen LogP contribution is 2.20. The highest BCUT2D eigenvalue weighted by atomic mass is 35.5. The van der Waals surface area contributed by atoms with Gasteiger partial charge in [0.1, 0.15) is 12.4 Å². The van der Waals surface area contributed by atoms with Gasteiger partial charge in [-0.3, -0.25) is 0 Å². The Kier molecular flexibility index (Phi) is 4.41. The third-order valence-electron chi connectivity index (χ3n) is 2.78. The molecule has 0 atom stereocenters. The quantitative estimate of drug-likeness (QED) is 0.697. The topological polar surface area (TPSA) is 76.1 Å². The van der Waals surface area contributed by atoms with Crippen molar-refractivity contribution in [2.24, 2.45) is 0 Å². The molecule has 2 aromatic carbocycles. The van der Waals surface area contributed by atoms with E-state index in [0.717, 1.165) is 6.07 Å². The second-order valence-electron chi connectivity index (χ2n) is 4.23. The molecule has 0 aromatic heterocycles. The molecule has 0 aliphatic heterocycles. The van der Waals surface area contributed by atoms with Crippen LogP contribution in [0, 0.1) is 17.1 Å². The lowest BCUT2D eigenvalue weighted by molar-refractivity contribution is 0.0470. The second-order valence-corrected chi connectivity index (χ2v) is 4.66. The van der Waals surface area contributed by atoms with Crippen LogP contribution in [0.1, 0.15) is 21.5 Å². The van der Waals surface area contributed by atoms with Crippen LogP contribution in [0.15, 0.2) is 36.4 Å². The van der Waals surface area contributed by atoms with E-state index in [1.165, 1.54) is 24.3 Å². The van der Waals surface area contributed by atoms with Gasteiger partial charge in [-0.15, -0.1) is 0 Å². The molecule has 0 radical (unpaired) electrons. The maximum atomic E-state index is 13.6. The van der Waals surface area contributed by atoms with Crippen LogP contribution in [0.3, 0.4) is 0 Å². The molecule has 21 heavy (non-hydrogen) atoms. The van der Waals surface area contributed by atoms with Gasteiger partial charge in [0.15, 0.2) is 0 Å². The number of hydrogen-bond acceptors (Lipinski definition) is 4. The Morgan fingerprint density at radius 3 is 2.76 bits per heavy atom. The Labute approximate surface area is 125 Å². The van der Waals surface area contributed by atoms with Crippen LogP contribution < -0.4 is 5.73 Å². The first-order valence-electron chi connectivity index (χ1n) is 5.92. The van der Waals surface area contributed by atoms with Crippen molar-refractivity contribution in [2.75, 3.05) is 5.73 Å². The maximum absolute atomic E-state index is 13.6. The number of nitriles is 1. The molecule has 0 saturated heterocycles. The molecule has 2 rings (SSSR count). The van der Waals surface area contributed by atoms with Gasteiger partial charge >= 0.3 is 5.97 Å². The van der Waals surface area contributed by atoms with Crippen molar-refractivity contribution in [1.82, 2.24) is 0 Å². The van der Waals surface area contributed by atoms with E-state index in [4.69, 9.17) is 27.3 Å². The summed E-state index contributed by atoms with van der Waals surface area (Å²) in [6.07, 6.45) is 0. The molecular weight excluding hydrogens is 295 g/mol. The van der Waals surface area contributed by atoms with Crippen molar-refractivity contribution in [3.8, 4) is 6.07 Å². The number of hydrogen-bond donors (Lipinski definition) is 1. The zero-order chi connectivity index (χ0) is 15.4. The van der Waals surface area contributed by atoms with E-state index in [-0.39, 0.29) is 29.0 Å². The van der Waals surface area contributed by atoms with Crippen molar-refractivity contribution in [3.05, 3.63) is 63.9 Å². The van der Waals surface area contributed by atoms with E-state index >= 15 is 0 Å². The fourth-order valence-electron chi connectivity index (χ4n) is 1.66. The molecule has 0 fully saturated rings. The van der Waals surface area contributed by atoms with Crippen LogP contribution in [0.25, 0.3) is 0 Å². The number of nitrogens with zero attached hydrogens (tertiary/aromatic N) is 1. The number of nitrogen functional groups attached to an aromatic ring is 1. The van der Waals surface area contributed by atoms with E-state index in [2.05, 4.69) is 0 Å². The number of esters is 1. The van der Waals surface area contributed by atoms with Gasteiger partial charge < -0.3 is 10.5 Å². The largest absolute Gasteiger partial charge is 0.457 e. The number of ether oxygens (including phenoxy) is 1. The molecular formula is C15H10ClFN2O2. The standard InChI is InChI=1S/C15H10ClFN2O2/c16-11-3-4-14(19)12(6-11)15(20)21-8-10-2-1-9(7-18)5-13(10)17/h1-6H,8,19H2. The number of benzene rings is 2. The van der Waals surface area contributed by atoms with Gasteiger partial charge in [-0.2, -0.15) is 5.26 Å². The molecule has 0 spiro atoms. The fraction of sp³-hybridized carbons (Fsp3) is 0.0667. The molecule has 106 valence electrons. The molecule has 0 amide bonds. The molecule has 2 N–H and O–H groups in total. The predicted octanol–water partition coefficient (Wildman–Crippen LogP) is 3.29. The molecule has 6 heteroatoms. The highest BCUT2D eigenvalue weighted by Gasteiger charge is 2.13. The summed E-state index contributed by atoms with van der Waals surface area (Å²) in [4.78, 5) is 11.9. The van der Waals surface area contributed by atoms with Crippen molar-refractivity contribution >= 4 is 23.3 Å². The van der Waals surface area contributed by atoms with Crippen molar-refractivity contribution in [2.45, 2.75) is 6.61 Å². The Bertz CT molecular complexity index is 741. The van der Waals surface area contributed by atoms with Gasteiger partial charge in [0, 0.05) is 16.3 Å². The molecule has 0 heterocycles. The average Bonchev–Trinajstić information content (AvgIpc) is 2.48. The van der Waals surface area contributed by atoms with Crippen molar-refractivity contribution in [3.63, 3.8) is 0 Å². The van der Waals surface area contributed by atoms with Gasteiger partial charge in [-0.25, -0.2) is 9.18 Å². The zero-order valence-electron chi connectivity index (χ0n) is 10.8. The molecule has 0 unspecified atom stereocenters. The van der Waals surface area contributed by atoms with Crippen molar-refractivity contribution < 1.29 is 13.9 Å². The van der Waals surface area contributed by atoms with Crippen LogP contribution in [0.4, 0.5) is 10.1 Å². The SMILES string of the molecule is N#Cc1ccc(COC(=O)c2cc(Cl)ccc2N)c(F)c1. The molecule has 0 aliphatic rings. The van der Waals surface area contributed by atoms with E-state index in [9.17, 15) is 9.18 Å². The number of nitrogens with two attached hydrogens (primary N) is 1. The summed E-state index contributed by atoms with van der Waals surface area (Å²) in [6.45, 7) is -0.262. The van der Waals surface area contributed by atoms with Crippen LogP contribution in [0.2, 0.25) is 5.02 Å². The number of carbonyl (C=O) groups excluding carboxylic acids is 1. The summed E-state index contributed by atoms with van der Waals surface area (Å²) in [5.41, 5.74) is 6.37. The number of halogens is 2. The van der Waals surface area contributed by atoms with E-state index in [0.29, 0.717) is 5.02 Å². The minimum absolute atomic E-state index is 0.122. The Hall–Kier alpha value is -2.58. The van der Waals surface area contributed by atoms with Gasteiger partial charge in [-0.1, -0.05) is 17.7 Å². The first-order valence-corrected chi connectivity index (χ1v) is 6.29. The van der Waals surface area contributed by atoms with Gasteiger partial charge in [0.2, 0.25) is 0 Å². The Morgan fingerprint density at radius 1 is 1.33 bits per heavy atom. The number of rotatable bonds is 3. The number of carbonyl (C=O) groups is 1. The minimum Gasteiger partial charge on any atom is -0.457 e. The number of anilines is 1.